The number of hydrazone groups is 1. The van der Waals surface area contributed by atoms with Crippen molar-refractivity contribution in [3.63, 3.8) is 0 Å². The number of nitrogens with zero attached hydrogens (tertiary/aromatic N) is 1. The lowest BCUT2D eigenvalue weighted by atomic mass is 10.1. The summed E-state index contributed by atoms with van der Waals surface area (Å²) < 4.78 is 5.04. The van der Waals surface area contributed by atoms with Crippen LogP contribution in [0.1, 0.15) is 22.3 Å². The number of hydrogen-bond acceptors (Lipinski definition) is 3. The van der Waals surface area contributed by atoms with Gasteiger partial charge in [-0.3, -0.25) is 4.79 Å². The van der Waals surface area contributed by atoms with E-state index in [2.05, 4.69) is 10.5 Å². The lowest BCUT2D eigenvalue weighted by Gasteiger charge is -2.07. The third kappa shape index (κ3) is 4.98. The number of ether oxygens (including phenoxy) is 1. The van der Waals surface area contributed by atoms with Gasteiger partial charge in [-0.2, -0.15) is 5.10 Å². The summed E-state index contributed by atoms with van der Waals surface area (Å²) in [6, 6.07) is 13.0. The van der Waals surface area contributed by atoms with E-state index in [1.54, 1.807) is 6.21 Å². The van der Waals surface area contributed by atoms with E-state index in [4.69, 9.17) is 27.9 Å². The molecule has 1 amide bonds. The molecular weight excluding hydrogens is 335 g/mol. The van der Waals surface area contributed by atoms with E-state index in [9.17, 15) is 4.79 Å². The van der Waals surface area contributed by atoms with Crippen LogP contribution >= 0.6 is 23.2 Å². The van der Waals surface area contributed by atoms with Crippen LogP contribution < -0.4 is 10.2 Å². The molecule has 0 aromatic heterocycles. The van der Waals surface area contributed by atoms with Crippen molar-refractivity contribution < 1.29 is 9.53 Å². The van der Waals surface area contributed by atoms with Crippen molar-refractivity contribution in [1.29, 1.82) is 0 Å². The first-order chi connectivity index (χ1) is 11.1. The summed E-state index contributed by atoms with van der Waals surface area (Å²) >= 11 is 12.0. The molecule has 0 atom stereocenters. The second-order valence-corrected chi connectivity index (χ2v) is 5.56. The molecule has 2 aromatic rings. The van der Waals surface area contributed by atoms with Crippen molar-refractivity contribution in [2.45, 2.75) is 12.8 Å². The number of aryl methyl sites for hydroxylation is 1. The van der Waals surface area contributed by atoms with Gasteiger partial charge in [0.1, 0.15) is 0 Å². The first-order valence-corrected chi connectivity index (χ1v) is 7.76. The van der Waals surface area contributed by atoms with Crippen LogP contribution in [-0.4, -0.2) is 19.2 Å². The van der Waals surface area contributed by atoms with Gasteiger partial charge in [-0.25, -0.2) is 5.43 Å². The van der Waals surface area contributed by atoms with Crippen LogP contribution in [0.3, 0.4) is 0 Å². The average Bonchev–Trinajstić information content (AvgIpc) is 2.55. The average molecular weight is 351 g/mol. The molecule has 2 aromatic carbocycles. The Morgan fingerprint density at radius 3 is 2.48 bits per heavy atom. The minimum absolute atomic E-state index is 0.276. The lowest BCUT2D eigenvalue weighted by molar-refractivity contribution is 0.0955. The Kier molecular flexibility index (Phi) is 6.44. The van der Waals surface area contributed by atoms with Crippen LogP contribution in [0.4, 0.5) is 0 Å². The Hall–Kier alpha value is -2.04. The maximum atomic E-state index is 12.0. The van der Waals surface area contributed by atoms with E-state index >= 15 is 0 Å². The fourth-order valence-corrected chi connectivity index (χ4v) is 2.64. The molecule has 23 heavy (non-hydrogen) atoms. The lowest BCUT2D eigenvalue weighted by Crippen LogP contribution is -2.17. The Labute approximate surface area is 145 Å². The highest BCUT2D eigenvalue weighted by Crippen LogP contribution is 2.33. The van der Waals surface area contributed by atoms with E-state index in [-0.39, 0.29) is 16.0 Å². The molecule has 120 valence electrons. The monoisotopic (exact) mass is 350 g/mol. The number of carbonyl (C=O) groups excluding carboxylic acids is 1. The molecule has 0 aliphatic carbocycles. The molecule has 0 bridgehead atoms. The smallest absolute Gasteiger partial charge is 0.271 e. The van der Waals surface area contributed by atoms with Gasteiger partial charge in [0.15, 0.2) is 5.75 Å². The van der Waals surface area contributed by atoms with Gasteiger partial charge in [0.2, 0.25) is 0 Å². The minimum Gasteiger partial charge on any atom is -0.494 e. The highest BCUT2D eigenvalue weighted by Gasteiger charge is 2.12. The zero-order valence-corrected chi connectivity index (χ0v) is 14.1. The molecule has 4 nitrogen and oxygen atoms in total. The van der Waals surface area contributed by atoms with Crippen molar-refractivity contribution in [2.24, 2.45) is 5.10 Å². The van der Waals surface area contributed by atoms with Gasteiger partial charge in [0, 0.05) is 11.8 Å². The molecular formula is C17H16Cl2N2O2. The Balaban J connectivity index is 1.88. The summed E-state index contributed by atoms with van der Waals surface area (Å²) in [4.78, 5) is 12.0. The van der Waals surface area contributed by atoms with Gasteiger partial charge in [0.05, 0.1) is 17.2 Å². The molecule has 1 N–H and O–H groups in total. The molecule has 0 radical (unpaired) electrons. The maximum absolute atomic E-state index is 12.0. The van der Waals surface area contributed by atoms with E-state index in [1.165, 1.54) is 24.8 Å². The molecule has 6 heteroatoms. The highest BCUT2D eigenvalue weighted by molar-refractivity contribution is 6.37. The number of hydrogen-bond donors (Lipinski definition) is 1. The third-order valence-corrected chi connectivity index (χ3v) is 3.69. The van der Waals surface area contributed by atoms with Crippen LogP contribution in [0.15, 0.2) is 47.6 Å². The first kappa shape index (κ1) is 17.3. The predicted molar refractivity (Wildman–Crippen MR) is 93.7 cm³/mol. The van der Waals surface area contributed by atoms with Crippen LogP contribution in [0.25, 0.3) is 0 Å². The Morgan fingerprint density at radius 1 is 1.22 bits per heavy atom. The van der Waals surface area contributed by atoms with Crippen molar-refractivity contribution in [2.75, 3.05) is 7.11 Å². The standard InChI is InChI=1S/C17H16Cl2N2O2/c1-23-16-14(18)10-13(11-15(16)19)17(22)21-20-9-5-8-12-6-3-2-4-7-12/h2-4,6-7,9-11H,5,8H2,1H3,(H,21,22)/b20-9+. The van der Waals surface area contributed by atoms with E-state index in [0.29, 0.717) is 11.3 Å². The zero-order valence-electron chi connectivity index (χ0n) is 12.6. The van der Waals surface area contributed by atoms with Crippen LogP contribution in [0.5, 0.6) is 5.75 Å². The van der Waals surface area contributed by atoms with Crippen molar-refractivity contribution in [1.82, 2.24) is 5.43 Å². The number of carbonyl (C=O) groups is 1. The largest absolute Gasteiger partial charge is 0.494 e. The molecule has 0 spiro atoms. The molecule has 0 unspecified atom stereocenters. The molecule has 2 rings (SSSR count). The van der Waals surface area contributed by atoms with Gasteiger partial charge in [-0.05, 0) is 30.5 Å². The van der Waals surface area contributed by atoms with E-state index < -0.39 is 0 Å². The Morgan fingerprint density at radius 2 is 1.87 bits per heavy atom. The zero-order chi connectivity index (χ0) is 16.7. The van der Waals surface area contributed by atoms with Gasteiger partial charge in [-0.15, -0.1) is 0 Å². The quantitative estimate of drug-likeness (QED) is 0.621. The fourth-order valence-electron chi connectivity index (χ4n) is 2.00. The molecule has 0 aliphatic rings. The topological polar surface area (TPSA) is 50.7 Å². The SMILES string of the molecule is COc1c(Cl)cc(C(=O)N/N=C/CCc2ccccc2)cc1Cl. The fraction of sp³-hybridized carbons (Fsp3) is 0.176. The highest BCUT2D eigenvalue weighted by atomic mass is 35.5. The number of halogens is 2. The third-order valence-electron chi connectivity index (χ3n) is 3.13. The second-order valence-electron chi connectivity index (χ2n) is 4.75. The summed E-state index contributed by atoms with van der Waals surface area (Å²) in [7, 11) is 1.46. The molecule has 0 saturated carbocycles. The van der Waals surface area contributed by atoms with E-state index in [1.807, 2.05) is 30.3 Å². The molecule has 0 heterocycles. The van der Waals surface area contributed by atoms with Crippen LogP contribution in [-0.2, 0) is 6.42 Å². The number of rotatable bonds is 6. The predicted octanol–water partition coefficient (Wildman–Crippen LogP) is 4.35. The maximum Gasteiger partial charge on any atom is 0.271 e. The summed E-state index contributed by atoms with van der Waals surface area (Å²) in [6.45, 7) is 0. The Bertz CT molecular complexity index is 680. The normalized spacial score (nSPS) is 10.7. The summed E-state index contributed by atoms with van der Waals surface area (Å²) in [6.07, 6.45) is 3.26. The van der Waals surface area contributed by atoms with E-state index in [0.717, 1.165) is 12.8 Å². The molecule has 0 saturated heterocycles. The summed E-state index contributed by atoms with van der Waals surface area (Å²) in [5.41, 5.74) is 3.99. The number of methoxy groups -OCH3 is 1. The number of benzene rings is 2. The number of amides is 1. The summed E-state index contributed by atoms with van der Waals surface area (Å²) in [5, 5.41) is 4.47. The van der Waals surface area contributed by atoms with Gasteiger partial charge >= 0.3 is 0 Å². The van der Waals surface area contributed by atoms with Crippen molar-refractivity contribution >= 4 is 35.3 Å². The van der Waals surface area contributed by atoms with Gasteiger partial charge < -0.3 is 4.74 Å². The minimum atomic E-state index is -0.382. The second kappa shape index (κ2) is 8.56. The van der Waals surface area contributed by atoms with Crippen molar-refractivity contribution in [3.05, 3.63) is 63.6 Å². The van der Waals surface area contributed by atoms with Crippen molar-refractivity contribution in [3.8, 4) is 5.75 Å². The molecule has 0 aliphatic heterocycles. The van der Waals surface area contributed by atoms with Gasteiger partial charge in [-0.1, -0.05) is 53.5 Å². The summed E-state index contributed by atoms with van der Waals surface area (Å²) in [5.74, 6) is -0.0383. The van der Waals surface area contributed by atoms with Crippen LogP contribution in [0.2, 0.25) is 10.0 Å². The van der Waals surface area contributed by atoms with Crippen LogP contribution in [0, 0.1) is 0 Å². The molecule has 0 fully saturated rings. The van der Waals surface area contributed by atoms with Gasteiger partial charge in [0.25, 0.3) is 5.91 Å². The first-order valence-electron chi connectivity index (χ1n) is 7.00. The number of nitrogens with one attached hydrogen (secondary N) is 1.